The number of sulfone groups is 1. The Hall–Kier alpha value is -1.56. The summed E-state index contributed by atoms with van der Waals surface area (Å²) in [7, 11) is -3.09. The average molecular weight is 380 g/mol. The van der Waals surface area contributed by atoms with E-state index >= 15 is 0 Å². The van der Waals surface area contributed by atoms with Gasteiger partial charge in [0.25, 0.3) is 0 Å². The van der Waals surface area contributed by atoms with E-state index in [0.29, 0.717) is 19.0 Å². The first-order chi connectivity index (χ1) is 12.5. The van der Waals surface area contributed by atoms with Crippen LogP contribution in [0.2, 0.25) is 0 Å². The van der Waals surface area contributed by atoms with E-state index in [1.165, 1.54) is 25.7 Å². The largest absolute Gasteiger partial charge is 0.357 e. The van der Waals surface area contributed by atoms with Crippen LogP contribution in [0.4, 0.5) is 0 Å². The summed E-state index contributed by atoms with van der Waals surface area (Å²) in [6.07, 6.45) is 5.42. The second-order valence-electron chi connectivity index (χ2n) is 7.29. The second-order valence-corrected chi connectivity index (χ2v) is 9.48. The van der Waals surface area contributed by atoms with Gasteiger partial charge in [0.15, 0.2) is 15.8 Å². The Kier molecular flexibility index (Phi) is 8.42. The molecule has 1 aliphatic carbocycles. The Morgan fingerprint density at radius 3 is 2.50 bits per heavy atom. The molecular formula is C20H33N3O2S. The average Bonchev–Trinajstić information content (AvgIpc) is 2.61. The van der Waals surface area contributed by atoms with E-state index < -0.39 is 9.84 Å². The maximum Gasteiger partial charge on any atom is 0.191 e. The summed E-state index contributed by atoms with van der Waals surface area (Å²) in [6, 6.07) is 9.82. The smallest absolute Gasteiger partial charge is 0.191 e. The molecule has 146 valence electrons. The van der Waals surface area contributed by atoms with Gasteiger partial charge in [0.05, 0.1) is 11.5 Å². The predicted octanol–water partition coefficient (Wildman–Crippen LogP) is 3.13. The molecule has 5 nitrogen and oxygen atoms in total. The van der Waals surface area contributed by atoms with E-state index in [2.05, 4.69) is 22.5 Å². The molecule has 0 bridgehead atoms. The number of nitrogens with zero attached hydrogens (tertiary/aromatic N) is 1. The third-order valence-corrected chi connectivity index (χ3v) is 6.50. The number of hydrogen-bond donors (Lipinski definition) is 2. The third kappa shape index (κ3) is 7.77. The van der Waals surface area contributed by atoms with E-state index in [-0.39, 0.29) is 11.5 Å². The molecule has 0 spiro atoms. The summed E-state index contributed by atoms with van der Waals surface area (Å²) in [4.78, 5) is 4.57. The first-order valence-corrected chi connectivity index (χ1v) is 11.6. The van der Waals surface area contributed by atoms with Crippen molar-refractivity contribution >= 4 is 15.8 Å². The van der Waals surface area contributed by atoms with Crippen molar-refractivity contribution in [2.75, 3.05) is 18.8 Å². The Labute approximate surface area is 158 Å². The van der Waals surface area contributed by atoms with Crippen molar-refractivity contribution in [3.63, 3.8) is 0 Å². The SMILES string of the molecule is CCNC(=NCCCS(=O)(=O)Cc1ccccc1)NC1CCC(C)CC1. The first-order valence-electron chi connectivity index (χ1n) is 9.77. The van der Waals surface area contributed by atoms with E-state index in [9.17, 15) is 8.42 Å². The van der Waals surface area contributed by atoms with Crippen molar-refractivity contribution in [1.82, 2.24) is 10.6 Å². The summed E-state index contributed by atoms with van der Waals surface area (Å²) in [5, 5.41) is 6.77. The summed E-state index contributed by atoms with van der Waals surface area (Å²) < 4.78 is 24.5. The molecule has 0 saturated heterocycles. The summed E-state index contributed by atoms with van der Waals surface area (Å²) >= 11 is 0. The summed E-state index contributed by atoms with van der Waals surface area (Å²) in [5.41, 5.74) is 0.845. The van der Waals surface area contributed by atoms with E-state index in [1.807, 2.05) is 37.3 Å². The van der Waals surface area contributed by atoms with Gasteiger partial charge in [-0.2, -0.15) is 0 Å². The van der Waals surface area contributed by atoms with Gasteiger partial charge in [0, 0.05) is 19.1 Å². The molecule has 1 aromatic rings. The highest BCUT2D eigenvalue weighted by Crippen LogP contribution is 2.23. The second kappa shape index (κ2) is 10.6. The fraction of sp³-hybridized carbons (Fsp3) is 0.650. The number of benzene rings is 1. The van der Waals surface area contributed by atoms with E-state index in [4.69, 9.17) is 0 Å². The molecule has 1 aliphatic rings. The zero-order valence-electron chi connectivity index (χ0n) is 16.1. The number of nitrogens with one attached hydrogen (secondary N) is 2. The van der Waals surface area contributed by atoms with Gasteiger partial charge in [-0.15, -0.1) is 0 Å². The first kappa shape index (κ1) is 20.7. The van der Waals surface area contributed by atoms with Crippen LogP contribution in [0, 0.1) is 5.92 Å². The topological polar surface area (TPSA) is 70.6 Å². The monoisotopic (exact) mass is 379 g/mol. The lowest BCUT2D eigenvalue weighted by Crippen LogP contribution is -2.44. The Morgan fingerprint density at radius 2 is 1.85 bits per heavy atom. The van der Waals surface area contributed by atoms with E-state index in [1.54, 1.807) is 0 Å². The molecule has 6 heteroatoms. The van der Waals surface area contributed by atoms with E-state index in [0.717, 1.165) is 24.0 Å². The molecule has 2 N–H and O–H groups in total. The van der Waals surface area contributed by atoms with Crippen molar-refractivity contribution in [3.8, 4) is 0 Å². The van der Waals surface area contributed by atoms with Crippen LogP contribution >= 0.6 is 0 Å². The maximum absolute atomic E-state index is 12.2. The molecule has 0 amide bonds. The highest BCUT2D eigenvalue weighted by molar-refractivity contribution is 7.90. The molecule has 1 fully saturated rings. The zero-order chi connectivity index (χ0) is 18.8. The van der Waals surface area contributed by atoms with Gasteiger partial charge < -0.3 is 10.6 Å². The van der Waals surface area contributed by atoms with Crippen LogP contribution in [0.25, 0.3) is 0 Å². The standard InChI is InChI=1S/C20H33N3O2S/c1-3-21-20(23-19-12-10-17(2)11-13-19)22-14-7-15-26(24,25)16-18-8-5-4-6-9-18/h4-6,8-9,17,19H,3,7,10-16H2,1-2H3,(H2,21,22,23). The van der Waals surface area contributed by atoms with Gasteiger partial charge in [-0.05, 0) is 50.5 Å². The third-order valence-electron chi connectivity index (χ3n) is 4.81. The highest BCUT2D eigenvalue weighted by Gasteiger charge is 2.19. The van der Waals surface area contributed by atoms with Gasteiger partial charge in [-0.25, -0.2) is 8.42 Å². The minimum absolute atomic E-state index is 0.107. The number of aliphatic imine (C=N–C) groups is 1. The van der Waals surface area contributed by atoms with Crippen LogP contribution in [0.1, 0.15) is 51.5 Å². The van der Waals surface area contributed by atoms with Crippen LogP contribution in [-0.4, -0.2) is 39.3 Å². The van der Waals surface area contributed by atoms with Crippen molar-refractivity contribution in [2.24, 2.45) is 10.9 Å². The molecular weight excluding hydrogens is 346 g/mol. The zero-order valence-corrected chi connectivity index (χ0v) is 16.9. The molecule has 2 rings (SSSR count). The lowest BCUT2D eigenvalue weighted by molar-refractivity contribution is 0.329. The van der Waals surface area contributed by atoms with Crippen molar-refractivity contribution in [2.45, 2.75) is 57.7 Å². The van der Waals surface area contributed by atoms with Gasteiger partial charge in [-0.1, -0.05) is 37.3 Å². The van der Waals surface area contributed by atoms with Crippen molar-refractivity contribution < 1.29 is 8.42 Å². The molecule has 0 aliphatic heterocycles. The molecule has 0 heterocycles. The van der Waals surface area contributed by atoms with Gasteiger partial charge in [-0.3, -0.25) is 4.99 Å². The number of hydrogen-bond acceptors (Lipinski definition) is 3. The Balaban J connectivity index is 1.78. The minimum atomic E-state index is -3.09. The van der Waals surface area contributed by atoms with Crippen LogP contribution in [0.5, 0.6) is 0 Å². The summed E-state index contributed by atoms with van der Waals surface area (Å²) in [5.74, 6) is 1.91. The van der Waals surface area contributed by atoms with Gasteiger partial charge >= 0.3 is 0 Å². The molecule has 0 radical (unpaired) electrons. The Morgan fingerprint density at radius 1 is 1.15 bits per heavy atom. The molecule has 0 aromatic heterocycles. The quantitative estimate of drug-likeness (QED) is 0.414. The molecule has 1 aromatic carbocycles. The number of guanidine groups is 1. The van der Waals surface area contributed by atoms with Crippen LogP contribution < -0.4 is 10.6 Å². The van der Waals surface area contributed by atoms with Crippen LogP contribution in [0.15, 0.2) is 35.3 Å². The normalized spacial score (nSPS) is 21.4. The highest BCUT2D eigenvalue weighted by atomic mass is 32.2. The fourth-order valence-electron chi connectivity index (χ4n) is 3.29. The van der Waals surface area contributed by atoms with Crippen LogP contribution in [-0.2, 0) is 15.6 Å². The van der Waals surface area contributed by atoms with Crippen LogP contribution in [0.3, 0.4) is 0 Å². The fourth-order valence-corrected chi connectivity index (χ4v) is 4.71. The lowest BCUT2D eigenvalue weighted by Gasteiger charge is -2.28. The van der Waals surface area contributed by atoms with Crippen molar-refractivity contribution in [3.05, 3.63) is 35.9 Å². The Bertz CT molecular complexity index is 651. The van der Waals surface area contributed by atoms with Gasteiger partial charge in [0.1, 0.15) is 0 Å². The molecule has 1 saturated carbocycles. The number of rotatable bonds is 8. The predicted molar refractivity (Wildman–Crippen MR) is 109 cm³/mol. The molecule has 0 unspecified atom stereocenters. The molecule has 26 heavy (non-hydrogen) atoms. The summed E-state index contributed by atoms with van der Waals surface area (Å²) in [6.45, 7) is 5.68. The minimum Gasteiger partial charge on any atom is -0.357 e. The lowest BCUT2D eigenvalue weighted by atomic mass is 9.87. The van der Waals surface area contributed by atoms with Gasteiger partial charge in [0.2, 0.25) is 0 Å². The van der Waals surface area contributed by atoms with Crippen molar-refractivity contribution in [1.29, 1.82) is 0 Å². The molecule has 0 atom stereocenters. The maximum atomic E-state index is 12.2.